The van der Waals surface area contributed by atoms with Gasteiger partial charge in [0.05, 0.1) is 0 Å². The number of amides is 1. The molecule has 3 aromatic heterocycles. The molecule has 0 saturated carbocycles. The Labute approximate surface area is 149 Å². The van der Waals surface area contributed by atoms with Gasteiger partial charge < -0.3 is 10.6 Å². The summed E-state index contributed by atoms with van der Waals surface area (Å²) >= 11 is 0. The number of hydrogen-bond donors (Lipinski definition) is 2. The quantitative estimate of drug-likeness (QED) is 0.592. The number of rotatable bonds is 4. The summed E-state index contributed by atoms with van der Waals surface area (Å²) in [6.45, 7) is 1.87. The third-order valence-corrected chi connectivity index (χ3v) is 3.80. The molecule has 7 heteroatoms. The maximum Gasteiger partial charge on any atom is 0.278 e. The lowest BCUT2D eigenvalue weighted by Crippen LogP contribution is -2.17. The maximum absolute atomic E-state index is 12.9. The number of carbonyl (C=O) groups excluding carboxylic acids is 1. The van der Waals surface area contributed by atoms with E-state index in [1.54, 1.807) is 36.7 Å². The summed E-state index contributed by atoms with van der Waals surface area (Å²) in [6.07, 6.45) is 3.27. The van der Waals surface area contributed by atoms with E-state index >= 15 is 0 Å². The summed E-state index contributed by atoms with van der Waals surface area (Å²) < 4.78 is 1.52. The van der Waals surface area contributed by atoms with Gasteiger partial charge in [-0.05, 0) is 43.3 Å². The fourth-order valence-electron chi connectivity index (χ4n) is 2.65. The highest BCUT2D eigenvalue weighted by atomic mass is 16.2. The average Bonchev–Trinajstić information content (AvgIpc) is 3.00. The number of imidazole rings is 1. The number of aryl methyl sites for hydroxylation is 1. The van der Waals surface area contributed by atoms with E-state index in [-0.39, 0.29) is 5.91 Å². The Morgan fingerprint density at radius 1 is 1.00 bits per heavy atom. The summed E-state index contributed by atoms with van der Waals surface area (Å²) in [6, 6.07) is 16.7. The predicted octanol–water partition coefficient (Wildman–Crippen LogP) is 3.43. The lowest BCUT2D eigenvalue weighted by molar-refractivity contribution is 0.102. The number of fused-ring (bicyclic) bond motifs is 1. The van der Waals surface area contributed by atoms with Crippen molar-refractivity contribution < 1.29 is 4.79 Å². The molecule has 0 unspecified atom stereocenters. The first-order valence-corrected chi connectivity index (χ1v) is 8.10. The van der Waals surface area contributed by atoms with E-state index in [1.165, 1.54) is 4.52 Å². The molecule has 0 atom stereocenters. The minimum atomic E-state index is -0.305. The number of benzene rings is 1. The van der Waals surface area contributed by atoms with Gasteiger partial charge in [0.2, 0.25) is 0 Å². The van der Waals surface area contributed by atoms with Crippen LogP contribution in [-0.4, -0.2) is 25.5 Å². The second kappa shape index (κ2) is 6.64. The Hall–Kier alpha value is -3.74. The Bertz CT molecular complexity index is 1070. The predicted molar refractivity (Wildman–Crippen MR) is 99.6 cm³/mol. The molecule has 2 N–H and O–H groups in total. The molecular formula is C19H16N6O. The molecule has 4 rings (SSSR count). The maximum atomic E-state index is 12.9. The highest BCUT2D eigenvalue weighted by Crippen LogP contribution is 2.22. The summed E-state index contributed by atoms with van der Waals surface area (Å²) in [5.41, 5.74) is 3.24. The van der Waals surface area contributed by atoms with E-state index in [1.807, 2.05) is 37.3 Å². The fourth-order valence-corrected chi connectivity index (χ4v) is 2.65. The van der Waals surface area contributed by atoms with Crippen LogP contribution in [0.5, 0.6) is 0 Å². The Balaban J connectivity index is 1.74. The zero-order valence-corrected chi connectivity index (χ0v) is 14.0. The van der Waals surface area contributed by atoms with E-state index in [4.69, 9.17) is 0 Å². The van der Waals surface area contributed by atoms with Crippen molar-refractivity contribution in [2.24, 2.45) is 0 Å². The van der Waals surface area contributed by atoms with Gasteiger partial charge in [-0.25, -0.2) is 9.50 Å². The van der Waals surface area contributed by atoms with Gasteiger partial charge in [-0.3, -0.25) is 9.78 Å². The first-order chi connectivity index (χ1) is 12.7. The van der Waals surface area contributed by atoms with E-state index in [0.29, 0.717) is 22.8 Å². The lowest BCUT2D eigenvalue weighted by atomic mass is 10.3. The zero-order valence-electron chi connectivity index (χ0n) is 14.0. The van der Waals surface area contributed by atoms with E-state index in [0.717, 1.165) is 11.4 Å². The van der Waals surface area contributed by atoms with Gasteiger partial charge in [-0.15, -0.1) is 0 Å². The third kappa shape index (κ3) is 3.10. The van der Waals surface area contributed by atoms with Crippen LogP contribution >= 0.6 is 0 Å². The molecule has 0 spiro atoms. The van der Waals surface area contributed by atoms with Crippen LogP contribution in [0, 0.1) is 6.92 Å². The molecule has 0 radical (unpaired) electrons. The molecule has 0 aliphatic heterocycles. The Morgan fingerprint density at radius 3 is 2.65 bits per heavy atom. The van der Waals surface area contributed by atoms with Crippen LogP contribution in [0.3, 0.4) is 0 Å². The van der Waals surface area contributed by atoms with Gasteiger partial charge in [-0.2, -0.15) is 5.10 Å². The van der Waals surface area contributed by atoms with Crippen LogP contribution < -0.4 is 10.6 Å². The minimum Gasteiger partial charge on any atom is -0.338 e. The van der Waals surface area contributed by atoms with Gasteiger partial charge in [0.25, 0.3) is 5.91 Å². The SMILES string of the molecule is Cc1cc(NC(=O)c2c(Nc3ccccc3)nc3cccnn23)ccn1. The summed E-state index contributed by atoms with van der Waals surface area (Å²) in [7, 11) is 0. The van der Waals surface area contributed by atoms with Crippen molar-refractivity contribution in [3.05, 3.63) is 78.4 Å². The number of pyridine rings is 1. The molecule has 7 nitrogen and oxygen atoms in total. The number of nitrogens with zero attached hydrogens (tertiary/aromatic N) is 4. The summed E-state index contributed by atoms with van der Waals surface area (Å²) in [5, 5.41) is 10.3. The van der Waals surface area contributed by atoms with Crippen molar-refractivity contribution in [1.29, 1.82) is 0 Å². The highest BCUT2D eigenvalue weighted by Gasteiger charge is 2.20. The number of aromatic nitrogens is 4. The number of carbonyl (C=O) groups is 1. The van der Waals surface area contributed by atoms with E-state index in [2.05, 4.69) is 25.7 Å². The second-order valence-corrected chi connectivity index (χ2v) is 5.73. The average molecular weight is 344 g/mol. The molecule has 1 aromatic carbocycles. The topological polar surface area (TPSA) is 84.2 Å². The van der Waals surface area contributed by atoms with Crippen molar-refractivity contribution in [2.45, 2.75) is 6.92 Å². The largest absolute Gasteiger partial charge is 0.338 e. The Kier molecular flexibility index (Phi) is 4.03. The first-order valence-electron chi connectivity index (χ1n) is 8.10. The molecule has 128 valence electrons. The molecule has 26 heavy (non-hydrogen) atoms. The Morgan fingerprint density at radius 2 is 1.85 bits per heavy atom. The molecule has 4 aromatic rings. The smallest absolute Gasteiger partial charge is 0.278 e. The summed E-state index contributed by atoms with van der Waals surface area (Å²) in [4.78, 5) is 21.6. The van der Waals surface area contributed by atoms with Crippen LogP contribution in [0.25, 0.3) is 5.65 Å². The van der Waals surface area contributed by atoms with Crippen molar-refractivity contribution in [2.75, 3.05) is 10.6 Å². The molecular weight excluding hydrogens is 328 g/mol. The van der Waals surface area contributed by atoms with Crippen molar-refractivity contribution in [3.8, 4) is 0 Å². The van der Waals surface area contributed by atoms with Crippen LogP contribution in [0.2, 0.25) is 0 Å². The highest BCUT2D eigenvalue weighted by molar-refractivity contribution is 6.07. The molecule has 3 heterocycles. The standard InChI is InChI=1S/C19H16N6O/c1-13-12-15(9-11-20-13)23-19(26)17-18(22-14-6-3-2-4-7-14)24-16-8-5-10-21-25(16)17/h2-12,22H,1H3,(H,20,23,26). The monoisotopic (exact) mass is 344 g/mol. The van der Waals surface area contributed by atoms with Crippen LogP contribution in [-0.2, 0) is 0 Å². The minimum absolute atomic E-state index is 0.305. The normalized spacial score (nSPS) is 10.7. The molecule has 0 aliphatic rings. The van der Waals surface area contributed by atoms with Crippen molar-refractivity contribution >= 4 is 28.7 Å². The lowest BCUT2D eigenvalue weighted by Gasteiger charge is -2.08. The van der Waals surface area contributed by atoms with Gasteiger partial charge in [-0.1, -0.05) is 18.2 Å². The number of anilines is 3. The fraction of sp³-hybridized carbons (Fsp3) is 0.0526. The van der Waals surface area contributed by atoms with E-state index in [9.17, 15) is 4.79 Å². The zero-order chi connectivity index (χ0) is 17.9. The van der Waals surface area contributed by atoms with Gasteiger partial charge in [0, 0.05) is 29.5 Å². The van der Waals surface area contributed by atoms with Gasteiger partial charge >= 0.3 is 0 Å². The first kappa shape index (κ1) is 15.8. The van der Waals surface area contributed by atoms with Crippen molar-refractivity contribution in [1.82, 2.24) is 19.6 Å². The molecule has 1 amide bonds. The van der Waals surface area contributed by atoms with Crippen LogP contribution in [0.1, 0.15) is 16.2 Å². The van der Waals surface area contributed by atoms with Crippen molar-refractivity contribution in [3.63, 3.8) is 0 Å². The number of nitrogens with one attached hydrogen (secondary N) is 2. The molecule has 0 aliphatic carbocycles. The third-order valence-electron chi connectivity index (χ3n) is 3.80. The van der Waals surface area contributed by atoms with Crippen LogP contribution in [0.15, 0.2) is 67.0 Å². The van der Waals surface area contributed by atoms with Gasteiger partial charge in [0.1, 0.15) is 0 Å². The number of para-hydroxylation sites is 1. The second-order valence-electron chi connectivity index (χ2n) is 5.73. The van der Waals surface area contributed by atoms with Crippen LogP contribution in [0.4, 0.5) is 17.2 Å². The molecule has 0 saturated heterocycles. The number of hydrogen-bond acceptors (Lipinski definition) is 5. The van der Waals surface area contributed by atoms with E-state index < -0.39 is 0 Å². The molecule has 0 bridgehead atoms. The molecule has 0 fully saturated rings. The van der Waals surface area contributed by atoms with Gasteiger partial charge in [0.15, 0.2) is 17.2 Å². The summed E-state index contributed by atoms with van der Waals surface area (Å²) in [5.74, 6) is 0.137.